The van der Waals surface area contributed by atoms with Gasteiger partial charge in [-0.25, -0.2) is 0 Å². The van der Waals surface area contributed by atoms with Crippen LogP contribution in [0.15, 0.2) is 30.3 Å². The molecule has 6 heteroatoms. The van der Waals surface area contributed by atoms with Crippen LogP contribution in [0.4, 0.5) is 0 Å². The highest BCUT2D eigenvalue weighted by Crippen LogP contribution is 2.50. The fourth-order valence-corrected chi connectivity index (χ4v) is 5.59. The van der Waals surface area contributed by atoms with Crippen molar-refractivity contribution in [1.82, 2.24) is 10.6 Å². The van der Waals surface area contributed by atoms with Gasteiger partial charge in [-0.15, -0.1) is 0 Å². The number of hydrogen-bond donors (Lipinski definition) is 2. The molecule has 2 N–H and O–H groups in total. The molecular formula is C28H36N2O4. The van der Waals surface area contributed by atoms with Gasteiger partial charge in [-0.3, -0.25) is 4.79 Å². The highest BCUT2D eigenvalue weighted by Gasteiger charge is 2.35. The first kappa shape index (κ1) is 23.2. The molecule has 0 aromatic heterocycles. The summed E-state index contributed by atoms with van der Waals surface area (Å²) >= 11 is 0. The third-order valence-corrected chi connectivity index (χ3v) is 7.45. The Hall–Kier alpha value is -2.57. The van der Waals surface area contributed by atoms with Crippen molar-refractivity contribution in [1.29, 1.82) is 0 Å². The monoisotopic (exact) mass is 464 g/mol. The Kier molecular flexibility index (Phi) is 7.36. The van der Waals surface area contributed by atoms with E-state index in [-0.39, 0.29) is 5.78 Å². The molecule has 0 amide bonds. The average Bonchev–Trinajstić information content (AvgIpc) is 3.62. The molecule has 5 rings (SSSR count). The molecule has 182 valence electrons. The van der Waals surface area contributed by atoms with Gasteiger partial charge in [0.05, 0.1) is 25.9 Å². The summed E-state index contributed by atoms with van der Waals surface area (Å²) in [6.45, 7) is 5.71. The van der Waals surface area contributed by atoms with Gasteiger partial charge in [-0.05, 0) is 94.7 Å². The molecule has 2 aliphatic heterocycles. The van der Waals surface area contributed by atoms with Gasteiger partial charge in [0.15, 0.2) is 5.78 Å². The number of rotatable bonds is 11. The highest BCUT2D eigenvalue weighted by atomic mass is 16.5. The number of ketones is 1. The Labute approximate surface area is 202 Å². The number of fused-ring (bicyclic) bond motifs is 3. The molecule has 0 bridgehead atoms. The molecule has 2 unspecified atom stereocenters. The maximum absolute atomic E-state index is 13.5. The maximum Gasteiger partial charge on any atom is 0.198 e. The predicted molar refractivity (Wildman–Crippen MR) is 133 cm³/mol. The minimum Gasteiger partial charge on any atom is -0.496 e. The van der Waals surface area contributed by atoms with Crippen molar-refractivity contribution in [2.75, 3.05) is 46.5 Å². The van der Waals surface area contributed by atoms with Gasteiger partial charge in [0.25, 0.3) is 0 Å². The van der Waals surface area contributed by atoms with Crippen molar-refractivity contribution in [2.24, 2.45) is 11.8 Å². The second-order valence-electron chi connectivity index (χ2n) is 9.72. The van der Waals surface area contributed by atoms with E-state index in [1.165, 1.54) is 12.8 Å². The quantitative estimate of drug-likeness (QED) is 0.409. The maximum atomic E-state index is 13.5. The van der Waals surface area contributed by atoms with E-state index in [2.05, 4.69) is 10.6 Å². The first-order chi connectivity index (χ1) is 16.8. The third kappa shape index (κ3) is 4.80. The lowest BCUT2D eigenvalue weighted by Crippen LogP contribution is -2.10. The van der Waals surface area contributed by atoms with E-state index in [9.17, 15) is 4.79 Å². The first-order valence-corrected chi connectivity index (χ1v) is 12.8. The van der Waals surface area contributed by atoms with Crippen LogP contribution in [0.2, 0.25) is 0 Å². The summed E-state index contributed by atoms with van der Waals surface area (Å²) < 4.78 is 18.1. The van der Waals surface area contributed by atoms with Crippen LogP contribution in [0.5, 0.6) is 17.2 Å². The Morgan fingerprint density at radius 3 is 2.00 bits per heavy atom. The van der Waals surface area contributed by atoms with Gasteiger partial charge in [-0.2, -0.15) is 0 Å². The number of ether oxygens (including phenoxy) is 3. The Bertz CT molecular complexity index is 1010. The standard InChI is InChI=1S/C28H36N2O4/c1-32-22-9-10-24(34-16-4-6-20-12-14-30-18-20)27-26(22)25-21(28(27)31)7-2-8-23(25)33-15-3-5-19-11-13-29-17-19/h2,7-10,19-20,29-30H,3-6,11-18H2,1H3. The summed E-state index contributed by atoms with van der Waals surface area (Å²) in [6, 6.07) is 9.52. The number of carbonyl (C=O) groups excluding carboxylic acids is 1. The van der Waals surface area contributed by atoms with Crippen LogP contribution in [0, 0.1) is 11.8 Å². The smallest absolute Gasteiger partial charge is 0.198 e. The third-order valence-electron chi connectivity index (χ3n) is 7.45. The summed E-state index contributed by atoms with van der Waals surface area (Å²) in [5, 5.41) is 6.84. The molecular weight excluding hydrogens is 428 g/mol. The zero-order valence-electron chi connectivity index (χ0n) is 20.2. The summed E-state index contributed by atoms with van der Waals surface area (Å²) in [6.07, 6.45) is 6.79. The van der Waals surface area contributed by atoms with Gasteiger partial charge in [0, 0.05) is 16.7 Å². The number of hydrogen-bond acceptors (Lipinski definition) is 6. The normalized spacial score (nSPS) is 20.9. The van der Waals surface area contributed by atoms with Gasteiger partial charge in [-0.1, -0.05) is 12.1 Å². The van der Waals surface area contributed by atoms with Crippen molar-refractivity contribution in [2.45, 2.75) is 38.5 Å². The van der Waals surface area contributed by atoms with Crippen molar-refractivity contribution >= 4 is 5.78 Å². The summed E-state index contributed by atoms with van der Waals surface area (Å²) in [5.41, 5.74) is 2.91. The van der Waals surface area contributed by atoms with E-state index >= 15 is 0 Å². The SMILES string of the molecule is COc1ccc(OCCCC2CCNC2)c2c1-c1c(OCCCC3CCNC3)cccc1C2=O. The second kappa shape index (κ2) is 10.8. The Morgan fingerprint density at radius 1 is 0.794 bits per heavy atom. The molecule has 2 aromatic rings. The topological polar surface area (TPSA) is 68.8 Å². The fraction of sp³-hybridized carbons (Fsp3) is 0.536. The van der Waals surface area contributed by atoms with E-state index in [0.717, 1.165) is 80.6 Å². The molecule has 0 spiro atoms. The van der Waals surface area contributed by atoms with Gasteiger partial charge < -0.3 is 24.8 Å². The van der Waals surface area contributed by atoms with E-state index in [1.807, 2.05) is 30.3 Å². The van der Waals surface area contributed by atoms with Crippen LogP contribution in [0.1, 0.15) is 54.4 Å². The van der Waals surface area contributed by atoms with Crippen molar-refractivity contribution < 1.29 is 19.0 Å². The largest absolute Gasteiger partial charge is 0.496 e. The highest BCUT2D eigenvalue weighted by molar-refractivity contribution is 6.25. The van der Waals surface area contributed by atoms with E-state index in [1.54, 1.807) is 7.11 Å². The van der Waals surface area contributed by atoms with E-state index in [4.69, 9.17) is 14.2 Å². The van der Waals surface area contributed by atoms with Crippen LogP contribution in [-0.4, -0.2) is 52.3 Å². The lowest BCUT2D eigenvalue weighted by atomic mass is 10.0. The number of methoxy groups -OCH3 is 1. The number of carbonyl (C=O) groups is 1. The molecule has 34 heavy (non-hydrogen) atoms. The minimum absolute atomic E-state index is 0.0126. The molecule has 2 heterocycles. The second-order valence-corrected chi connectivity index (χ2v) is 9.72. The van der Waals surface area contributed by atoms with Crippen LogP contribution < -0.4 is 24.8 Å². The molecule has 6 nitrogen and oxygen atoms in total. The summed E-state index contributed by atoms with van der Waals surface area (Å²) in [5.74, 6) is 3.54. The zero-order valence-corrected chi connectivity index (χ0v) is 20.2. The van der Waals surface area contributed by atoms with Crippen LogP contribution >= 0.6 is 0 Å². The molecule has 2 saturated heterocycles. The predicted octanol–water partition coefficient (Wildman–Crippen LogP) is 4.44. The van der Waals surface area contributed by atoms with Crippen LogP contribution in [0.25, 0.3) is 11.1 Å². The fourth-order valence-electron chi connectivity index (χ4n) is 5.59. The molecule has 0 saturated carbocycles. The van der Waals surface area contributed by atoms with E-state index in [0.29, 0.717) is 35.8 Å². The number of nitrogens with one attached hydrogen (secondary N) is 2. The molecule has 0 radical (unpaired) electrons. The van der Waals surface area contributed by atoms with Crippen molar-refractivity contribution in [3.63, 3.8) is 0 Å². The summed E-state index contributed by atoms with van der Waals surface area (Å²) in [4.78, 5) is 13.5. The molecule has 2 aromatic carbocycles. The van der Waals surface area contributed by atoms with Crippen LogP contribution in [-0.2, 0) is 0 Å². The van der Waals surface area contributed by atoms with Crippen molar-refractivity contribution in [3.8, 4) is 28.4 Å². The van der Waals surface area contributed by atoms with Crippen LogP contribution in [0.3, 0.4) is 0 Å². The van der Waals surface area contributed by atoms with Gasteiger partial charge in [0.1, 0.15) is 17.2 Å². The zero-order chi connectivity index (χ0) is 23.3. The molecule has 2 atom stereocenters. The van der Waals surface area contributed by atoms with Crippen molar-refractivity contribution in [3.05, 3.63) is 41.5 Å². The molecule has 3 aliphatic rings. The Balaban J connectivity index is 1.32. The first-order valence-electron chi connectivity index (χ1n) is 12.8. The molecule has 2 fully saturated rings. The Morgan fingerprint density at radius 2 is 1.41 bits per heavy atom. The average molecular weight is 465 g/mol. The molecule has 1 aliphatic carbocycles. The van der Waals surface area contributed by atoms with E-state index < -0.39 is 0 Å². The minimum atomic E-state index is -0.0126. The lowest BCUT2D eigenvalue weighted by Gasteiger charge is -2.16. The lowest BCUT2D eigenvalue weighted by molar-refractivity contribution is 0.103. The van der Waals surface area contributed by atoms with Gasteiger partial charge >= 0.3 is 0 Å². The summed E-state index contributed by atoms with van der Waals surface area (Å²) in [7, 11) is 1.65. The number of benzene rings is 2. The van der Waals surface area contributed by atoms with Gasteiger partial charge in [0.2, 0.25) is 0 Å².